The quantitative estimate of drug-likeness (QED) is 0.796. The van der Waals surface area contributed by atoms with E-state index in [4.69, 9.17) is 0 Å². The molecular weight excluding hydrogens is 230 g/mol. The summed E-state index contributed by atoms with van der Waals surface area (Å²) in [5.41, 5.74) is 0.587. The smallest absolute Gasteiger partial charge is 0.330 e. The van der Waals surface area contributed by atoms with Crippen LogP contribution in [-0.4, -0.2) is 17.0 Å². The van der Waals surface area contributed by atoms with Crippen molar-refractivity contribution in [3.05, 3.63) is 48.0 Å². The van der Waals surface area contributed by atoms with Crippen molar-refractivity contribution in [2.75, 3.05) is 0 Å². The molecule has 1 aromatic rings. The zero-order valence-corrected chi connectivity index (χ0v) is 9.87. The van der Waals surface area contributed by atoms with Gasteiger partial charge in [-0.3, -0.25) is 4.79 Å². The summed E-state index contributed by atoms with van der Waals surface area (Å²) >= 11 is 0. The lowest BCUT2D eigenvalue weighted by molar-refractivity contribution is -0.142. The first kappa shape index (κ1) is 12.4. The average Bonchev–Trinajstić information content (AvgIpc) is 2.90. The molecule has 2 N–H and O–H groups in total. The van der Waals surface area contributed by atoms with Gasteiger partial charge >= 0.3 is 5.97 Å². The third-order valence-electron chi connectivity index (χ3n) is 3.05. The molecule has 1 aromatic carbocycles. The fourth-order valence-corrected chi connectivity index (χ4v) is 2.02. The van der Waals surface area contributed by atoms with Crippen LogP contribution in [0.25, 0.3) is 0 Å². The van der Waals surface area contributed by atoms with Crippen molar-refractivity contribution in [2.24, 2.45) is 5.92 Å². The number of benzene rings is 1. The second-order valence-corrected chi connectivity index (χ2v) is 4.33. The molecule has 0 aromatic heterocycles. The van der Waals surface area contributed by atoms with Crippen molar-refractivity contribution in [2.45, 2.75) is 18.9 Å². The van der Waals surface area contributed by atoms with Gasteiger partial charge in [0.2, 0.25) is 5.91 Å². The van der Waals surface area contributed by atoms with E-state index in [1.54, 1.807) is 24.3 Å². The zero-order chi connectivity index (χ0) is 13.0. The van der Waals surface area contributed by atoms with Crippen molar-refractivity contribution >= 4 is 11.9 Å². The Bertz CT molecular complexity index is 459. The van der Waals surface area contributed by atoms with E-state index in [1.807, 2.05) is 18.2 Å². The van der Waals surface area contributed by atoms with Crippen LogP contribution in [0.5, 0.6) is 0 Å². The van der Waals surface area contributed by atoms with Crippen LogP contribution in [0.15, 0.2) is 42.5 Å². The number of allylic oxidation sites excluding steroid dienone is 2. The molecule has 94 valence electrons. The molecule has 0 aliphatic heterocycles. The first-order valence-corrected chi connectivity index (χ1v) is 5.91. The number of carbonyl (C=O) groups excluding carboxylic acids is 1. The topological polar surface area (TPSA) is 66.4 Å². The van der Waals surface area contributed by atoms with Gasteiger partial charge in [0.25, 0.3) is 0 Å². The van der Waals surface area contributed by atoms with Gasteiger partial charge in [-0.25, -0.2) is 4.79 Å². The fraction of sp³-hybridized carbons (Fsp3) is 0.286. The number of hydrogen-bond acceptors (Lipinski definition) is 2. The summed E-state index contributed by atoms with van der Waals surface area (Å²) in [6.07, 6.45) is 5.27. The van der Waals surface area contributed by atoms with Gasteiger partial charge in [0.1, 0.15) is 0 Å². The molecule has 1 amide bonds. The summed E-state index contributed by atoms with van der Waals surface area (Å²) in [5.74, 6) is -1.37. The van der Waals surface area contributed by atoms with E-state index in [0.29, 0.717) is 18.4 Å². The first-order valence-electron chi connectivity index (χ1n) is 5.91. The van der Waals surface area contributed by atoms with Crippen LogP contribution in [0.3, 0.4) is 0 Å². The van der Waals surface area contributed by atoms with Gasteiger partial charge in [0.15, 0.2) is 6.04 Å². The highest BCUT2D eigenvalue weighted by Gasteiger charge is 2.26. The highest BCUT2D eigenvalue weighted by Crippen LogP contribution is 2.20. The normalized spacial score (nSPS) is 16.4. The van der Waals surface area contributed by atoms with Crippen molar-refractivity contribution < 1.29 is 14.7 Å². The Morgan fingerprint density at radius 3 is 2.33 bits per heavy atom. The van der Waals surface area contributed by atoms with Crippen LogP contribution >= 0.6 is 0 Å². The molecular formula is C14H15NO3. The highest BCUT2D eigenvalue weighted by atomic mass is 16.4. The van der Waals surface area contributed by atoms with Gasteiger partial charge in [0, 0.05) is 5.92 Å². The maximum absolute atomic E-state index is 11.9. The van der Waals surface area contributed by atoms with Gasteiger partial charge in [-0.05, 0) is 18.4 Å². The standard InChI is InChI=1S/C14H15NO3/c16-13(11-8-4-5-9-11)15-12(14(17)18)10-6-2-1-3-7-10/h1-7,11-12H,8-9H2,(H,15,16)(H,17,18)/t12-/m0/s1. The Labute approximate surface area is 105 Å². The van der Waals surface area contributed by atoms with Gasteiger partial charge < -0.3 is 10.4 Å². The minimum atomic E-state index is -1.04. The van der Waals surface area contributed by atoms with Crippen molar-refractivity contribution in [1.29, 1.82) is 0 Å². The van der Waals surface area contributed by atoms with E-state index in [0.717, 1.165) is 0 Å². The molecule has 1 aliphatic rings. The number of carbonyl (C=O) groups is 2. The van der Waals surface area contributed by atoms with E-state index in [-0.39, 0.29) is 11.8 Å². The Morgan fingerprint density at radius 2 is 1.78 bits per heavy atom. The number of nitrogens with one attached hydrogen (secondary N) is 1. The molecule has 2 rings (SSSR count). The lowest BCUT2D eigenvalue weighted by Gasteiger charge is -2.17. The summed E-state index contributed by atoms with van der Waals surface area (Å²) in [6.45, 7) is 0. The monoisotopic (exact) mass is 245 g/mol. The molecule has 0 bridgehead atoms. The van der Waals surface area contributed by atoms with Crippen molar-refractivity contribution in [1.82, 2.24) is 5.32 Å². The first-order chi connectivity index (χ1) is 8.68. The zero-order valence-electron chi connectivity index (χ0n) is 9.87. The van der Waals surface area contributed by atoms with E-state index < -0.39 is 12.0 Å². The Kier molecular flexibility index (Phi) is 3.77. The molecule has 1 aliphatic carbocycles. The number of hydrogen-bond donors (Lipinski definition) is 2. The van der Waals surface area contributed by atoms with Crippen LogP contribution in [-0.2, 0) is 9.59 Å². The summed E-state index contributed by atoms with van der Waals surface area (Å²) < 4.78 is 0. The largest absolute Gasteiger partial charge is 0.479 e. The Morgan fingerprint density at radius 1 is 1.17 bits per heavy atom. The number of carboxylic acids is 1. The summed E-state index contributed by atoms with van der Waals surface area (Å²) in [7, 11) is 0. The van der Waals surface area contributed by atoms with Gasteiger partial charge in [-0.15, -0.1) is 0 Å². The van der Waals surface area contributed by atoms with E-state index in [1.165, 1.54) is 0 Å². The van der Waals surface area contributed by atoms with Crippen LogP contribution < -0.4 is 5.32 Å². The fourth-order valence-electron chi connectivity index (χ4n) is 2.02. The molecule has 0 fully saturated rings. The third kappa shape index (κ3) is 2.77. The summed E-state index contributed by atoms with van der Waals surface area (Å²) in [5, 5.41) is 11.8. The maximum Gasteiger partial charge on any atom is 0.330 e. The lowest BCUT2D eigenvalue weighted by atomic mass is 10.0. The molecule has 0 saturated carbocycles. The lowest BCUT2D eigenvalue weighted by Crippen LogP contribution is -2.37. The van der Waals surface area contributed by atoms with Crippen molar-refractivity contribution in [3.8, 4) is 0 Å². The van der Waals surface area contributed by atoms with Gasteiger partial charge in [-0.1, -0.05) is 42.5 Å². The predicted octanol–water partition coefficient (Wildman–Crippen LogP) is 1.89. The third-order valence-corrected chi connectivity index (χ3v) is 3.05. The molecule has 0 heterocycles. The van der Waals surface area contributed by atoms with Crippen LogP contribution in [0, 0.1) is 5.92 Å². The molecule has 4 nitrogen and oxygen atoms in total. The predicted molar refractivity (Wildman–Crippen MR) is 66.8 cm³/mol. The Balaban J connectivity index is 2.07. The van der Waals surface area contributed by atoms with Crippen LogP contribution in [0.2, 0.25) is 0 Å². The second-order valence-electron chi connectivity index (χ2n) is 4.33. The molecule has 0 unspecified atom stereocenters. The van der Waals surface area contributed by atoms with Crippen LogP contribution in [0.4, 0.5) is 0 Å². The number of carboxylic acid groups (broad SMARTS) is 1. The van der Waals surface area contributed by atoms with Gasteiger partial charge in [-0.2, -0.15) is 0 Å². The summed E-state index contributed by atoms with van der Waals surface area (Å²) in [4.78, 5) is 23.1. The van der Waals surface area contributed by atoms with E-state index in [2.05, 4.69) is 5.32 Å². The van der Waals surface area contributed by atoms with E-state index in [9.17, 15) is 14.7 Å². The Hall–Kier alpha value is -2.10. The molecule has 0 saturated heterocycles. The van der Waals surface area contributed by atoms with Crippen LogP contribution in [0.1, 0.15) is 24.4 Å². The van der Waals surface area contributed by atoms with E-state index >= 15 is 0 Å². The highest BCUT2D eigenvalue weighted by molar-refractivity contribution is 5.86. The average molecular weight is 245 g/mol. The SMILES string of the molecule is O=C(N[C@H](C(=O)O)c1ccccc1)C1CC=CC1. The number of rotatable bonds is 4. The summed E-state index contributed by atoms with van der Waals surface area (Å²) in [6, 6.07) is 7.76. The number of amides is 1. The van der Waals surface area contributed by atoms with Crippen molar-refractivity contribution in [3.63, 3.8) is 0 Å². The number of aliphatic carboxylic acids is 1. The van der Waals surface area contributed by atoms with Gasteiger partial charge in [0.05, 0.1) is 0 Å². The minimum Gasteiger partial charge on any atom is -0.479 e. The molecule has 4 heteroatoms. The minimum absolute atomic E-state index is 0.129. The molecule has 0 spiro atoms. The second kappa shape index (κ2) is 5.49. The molecule has 18 heavy (non-hydrogen) atoms. The molecule has 0 radical (unpaired) electrons. The molecule has 1 atom stereocenters. The maximum atomic E-state index is 11.9.